The summed E-state index contributed by atoms with van der Waals surface area (Å²) in [4.78, 5) is 15.2. The van der Waals surface area contributed by atoms with E-state index in [0.29, 0.717) is 36.7 Å². The number of aliphatic hydroxyl groups excluding tert-OH is 2. The van der Waals surface area contributed by atoms with Crippen LogP contribution in [-0.2, 0) is 33.4 Å². The third-order valence-electron chi connectivity index (χ3n) is 6.70. The monoisotopic (exact) mass is 596 g/mol. The van der Waals surface area contributed by atoms with E-state index in [1.807, 2.05) is 20.8 Å². The van der Waals surface area contributed by atoms with Crippen LogP contribution in [0.2, 0.25) is 0 Å². The van der Waals surface area contributed by atoms with Crippen LogP contribution in [0.25, 0.3) is 0 Å². The van der Waals surface area contributed by atoms with Crippen LogP contribution in [0.1, 0.15) is 67.7 Å². The molecule has 3 aliphatic heterocycles. The van der Waals surface area contributed by atoms with Gasteiger partial charge in [0.1, 0.15) is 30.2 Å². The molecule has 3 aliphatic rings. The quantitative estimate of drug-likeness (QED) is 0.0940. The van der Waals surface area contributed by atoms with Gasteiger partial charge in [-0.05, 0) is 60.6 Å². The van der Waals surface area contributed by atoms with E-state index in [-0.39, 0.29) is 36.0 Å². The molecule has 0 aliphatic carbocycles. The Kier molecular flexibility index (Phi) is 13.4. The van der Waals surface area contributed by atoms with Crippen molar-refractivity contribution in [3.63, 3.8) is 0 Å². The summed E-state index contributed by atoms with van der Waals surface area (Å²) in [5.74, 6) is 2.72. The van der Waals surface area contributed by atoms with Gasteiger partial charge in [0.25, 0.3) is 0 Å². The van der Waals surface area contributed by atoms with E-state index in [2.05, 4.69) is 25.3 Å². The van der Waals surface area contributed by atoms with Gasteiger partial charge in [0.2, 0.25) is 0 Å². The number of allylic oxidation sites excluding steroid dienone is 1. The molecule has 0 aromatic rings. The van der Waals surface area contributed by atoms with Gasteiger partial charge in [0.05, 0.1) is 30.0 Å². The molecule has 10 nitrogen and oxygen atoms in total. The number of rotatable bonds is 13. The van der Waals surface area contributed by atoms with Gasteiger partial charge in [0.15, 0.2) is 5.79 Å². The number of ether oxygens (including phenoxy) is 5. The van der Waals surface area contributed by atoms with Crippen LogP contribution in [-0.4, -0.2) is 105 Å². The highest BCUT2D eigenvalue weighted by atomic mass is 32.2. The largest absolute Gasteiger partial charge is 0.466 e. The molecule has 0 bridgehead atoms. The van der Waals surface area contributed by atoms with Gasteiger partial charge in [-0.3, -0.25) is 4.79 Å². The van der Waals surface area contributed by atoms with Crippen LogP contribution in [0.15, 0.2) is 12.3 Å². The van der Waals surface area contributed by atoms with Gasteiger partial charge in [-0.2, -0.15) is 23.5 Å². The summed E-state index contributed by atoms with van der Waals surface area (Å²) in [6, 6.07) is 0. The smallest absolute Gasteiger partial charge is 0.305 e. The van der Waals surface area contributed by atoms with E-state index in [1.165, 1.54) is 0 Å². The second-order valence-electron chi connectivity index (χ2n) is 11.4. The Morgan fingerprint density at radius 1 is 0.897 bits per heavy atom. The first kappa shape index (κ1) is 34.6. The van der Waals surface area contributed by atoms with Crippen LogP contribution in [0.5, 0.6) is 0 Å². The lowest BCUT2D eigenvalue weighted by Gasteiger charge is -2.28. The van der Waals surface area contributed by atoms with Crippen molar-refractivity contribution in [3.05, 3.63) is 12.3 Å². The van der Waals surface area contributed by atoms with E-state index in [4.69, 9.17) is 28.9 Å². The van der Waals surface area contributed by atoms with E-state index in [0.717, 1.165) is 17.9 Å². The number of thioether (sulfide) groups is 2. The molecule has 0 aromatic carbocycles. The average Bonchev–Trinajstić information content (AvgIpc) is 3.37. The van der Waals surface area contributed by atoms with Gasteiger partial charge in [-0.25, -0.2) is 5.26 Å². The topological polar surface area (TPSA) is 133 Å². The molecule has 6 atom stereocenters. The molecule has 3 saturated heterocycles. The van der Waals surface area contributed by atoms with E-state index in [9.17, 15) is 15.0 Å². The Morgan fingerprint density at radius 3 is 2.10 bits per heavy atom. The van der Waals surface area contributed by atoms with Gasteiger partial charge in [-0.15, -0.1) is 0 Å². The van der Waals surface area contributed by atoms with Gasteiger partial charge in [-0.1, -0.05) is 6.58 Å². The van der Waals surface area contributed by atoms with Crippen molar-refractivity contribution in [3.8, 4) is 0 Å². The fraction of sp³-hybridized carbons (Fsp3) is 0.889. The molecule has 3 heterocycles. The van der Waals surface area contributed by atoms with Crippen LogP contribution in [0, 0.1) is 0 Å². The van der Waals surface area contributed by atoms with Crippen molar-refractivity contribution in [1.29, 1.82) is 0 Å². The Balaban J connectivity index is 0.000000283. The molecule has 0 radical (unpaired) electrons. The van der Waals surface area contributed by atoms with Crippen LogP contribution < -0.4 is 0 Å². The fourth-order valence-electron chi connectivity index (χ4n) is 4.71. The first-order chi connectivity index (χ1) is 18.1. The van der Waals surface area contributed by atoms with E-state index >= 15 is 0 Å². The van der Waals surface area contributed by atoms with Crippen LogP contribution in [0.4, 0.5) is 0 Å². The number of hydrogen-bond acceptors (Lipinski definition) is 12. The Hall–Kier alpha value is -0.570. The normalized spacial score (nSPS) is 31.7. The maximum atomic E-state index is 11.3. The second-order valence-corrected chi connectivity index (χ2v) is 13.7. The molecule has 228 valence electrons. The lowest BCUT2D eigenvalue weighted by Crippen LogP contribution is -2.38. The summed E-state index contributed by atoms with van der Waals surface area (Å²) in [6.07, 6.45) is -0.222. The summed E-state index contributed by atoms with van der Waals surface area (Å²) in [7, 11) is 0. The average molecular weight is 597 g/mol. The molecule has 12 heteroatoms. The molecule has 0 spiro atoms. The van der Waals surface area contributed by atoms with Crippen LogP contribution >= 0.6 is 23.5 Å². The summed E-state index contributed by atoms with van der Waals surface area (Å²) in [6.45, 7) is 17.3. The zero-order valence-electron chi connectivity index (χ0n) is 24.3. The van der Waals surface area contributed by atoms with Crippen molar-refractivity contribution >= 4 is 29.5 Å². The van der Waals surface area contributed by atoms with Crippen molar-refractivity contribution in [2.45, 2.75) is 121 Å². The highest BCUT2D eigenvalue weighted by Gasteiger charge is 2.58. The lowest BCUT2D eigenvalue weighted by molar-refractivity contribution is -0.204. The zero-order chi connectivity index (χ0) is 29.4. The van der Waals surface area contributed by atoms with E-state index in [1.54, 1.807) is 37.4 Å². The number of carbonyl (C=O) groups is 1. The number of esters is 1. The summed E-state index contributed by atoms with van der Waals surface area (Å²) < 4.78 is 28.6. The molecule has 3 rings (SSSR count). The minimum Gasteiger partial charge on any atom is -0.466 e. The third kappa shape index (κ3) is 10.3. The summed E-state index contributed by atoms with van der Waals surface area (Å²) in [5.41, 5.74) is -1.03. The van der Waals surface area contributed by atoms with Crippen molar-refractivity contribution in [2.24, 2.45) is 0 Å². The highest BCUT2D eigenvalue weighted by molar-refractivity contribution is 7.99. The molecule has 3 fully saturated rings. The first-order valence-corrected chi connectivity index (χ1v) is 15.8. The fourth-order valence-corrected chi connectivity index (χ4v) is 6.75. The standard InChI is InChI=1S/C16H28O5S.C11H20O5S/c1-6-18-12(17)8-7-9-22-10-11-13-14(15(2,3)19-11)21-16(4,5)20-13;1-7(16-14)4-5-17-6-8-9(12)10(13)11(2,3)15-8/h11,13-14H,6-10H2,1-5H3;8-10,12-14H,1,4-6H2,2-3H3. The Labute approximate surface area is 241 Å². The second kappa shape index (κ2) is 15.1. The lowest BCUT2D eigenvalue weighted by atomic mass is 9.99. The molecule has 0 aromatic heterocycles. The predicted molar refractivity (Wildman–Crippen MR) is 152 cm³/mol. The van der Waals surface area contributed by atoms with Crippen molar-refractivity contribution in [2.75, 3.05) is 29.6 Å². The highest BCUT2D eigenvalue weighted by Crippen LogP contribution is 2.44. The summed E-state index contributed by atoms with van der Waals surface area (Å²) in [5, 5.41) is 27.8. The molecule has 0 amide bonds. The molecule has 0 saturated carbocycles. The van der Waals surface area contributed by atoms with Gasteiger partial charge >= 0.3 is 5.97 Å². The van der Waals surface area contributed by atoms with Gasteiger partial charge in [0, 0.05) is 30.1 Å². The number of carbonyl (C=O) groups excluding carboxylic acids is 1. The molecule has 3 N–H and O–H groups in total. The molecule has 39 heavy (non-hydrogen) atoms. The van der Waals surface area contributed by atoms with Crippen molar-refractivity contribution in [1.82, 2.24) is 0 Å². The van der Waals surface area contributed by atoms with Crippen molar-refractivity contribution < 1.29 is 48.8 Å². The Bertz CT molecular complexity index is 791. The number of fused-ring (bicyclic) bond motifs is 1. The maximum Gasteiger partial charge on any atom is 0.305 e. The maximum absolute atomic E-state index is 11.3. The summed E-state index contributed by atoms with van der Waals surface area (Å²) >= 11 is 3.34. The third-order valence-corrected chi connectivity index (χ3v) is 8.90. The Morgan fingerprint density at radius 2 is 1.51 bits per heavy atom. The molecular formula is C27H48O10S2. The SMILES string of the molecule is C=C(CCSCC1OC(C)(C)C(O)C1O)OO.CCOC(=O)CCCSCC1OC(C)(C)C2OC(C)(C)OC12. The molecule has 6 unspecified atom stereocenters. The van der Waals surface area contributed by atoms with E-state index < -0.39 is 23.6 Å². The predicted octanol–water partition coefficient (Wildman–Crippen LogP) is 3.77. The van der Waals surface area contributed by atoms with Gasteiger partial charge < -0.3 is 38.8 Å². The first-order valence-electron chi connectivity index (χ1n) is 13.5. The minimum atomic E-state index is -0.858. The molecular weight excluding hydrogens is 548 g/mol. The number of hydrogen-bond donors (Lipinski definition) is 3. The number of aliphatic hydroxyl groups is 2. The minimum absolute atomic E-state index is 0.0115. The van der Waals surface area contributed by atoms with Crippen LogP contribution in [0.3, 0.4) is 0 Å². The zero-order valence-corrected chi connectivity index (χ0v) is 26.0.